The first kappa shape index (κ1) is 21.4. The van der Waals surface area contributed by atoms with Crippen molar-refractivity contribution in [2.24, 2.45) is 0 Å². The van der Waals surface area contributed by atoms with E-state index in [1.54, 1.807) is 0 Å². The molecule has 0 bridgehead atoms. The molecule has 5 heteroatoms. The maximum atomic E-state index is 12.7. The molecule has 0 aromatic heterocycles. The molecule has 174 valence electrons. The van der Waals surface area contributed by atoms with Gasteiger partial charge in [0.15, 0.2) is 11.5 Å². The largest absolute Gasteiger partial charge is 0.454 e. The lowest BCUT2D eigenvalue weighted by atomic mass is 10.0. The van der Waals surface area contributed by atoms with E-state index in [0.717, 1.165) is 41.3 Å². The summed E-state index contributed by atoms with van der Waals surface area (Å²) in [6.45, 7) is 1.10. The van der Waals surface area contributed by atoms with Crippen LogP contribution in [0.2, 0.25) is 0 Å². The van der Waals surface area contributed by atoms with Crippen LogP contribution in [0.25, 0.3) is 11.1 Å². The summed E-state index contributed by atoms with van der Waals surface area (Å²) >= 11 is 0. The molecular formula is C30H26N2O3. The third-order valence-electron chi connectivity index (χ3n) is 6.65. The number of amides is 1. The minimum atomic E-state index is -0.105. The van der Waals surface area contributed by atoms with E-state index in [4.69, 9.17) is 9.47 Å². The van der Waals surface area contributed by atoms with Crippen molar-refractivity contribution in [2.75, 3.05) is 12.1 Å². The molecule has 0 radical (unpaired) electrons. The van der Waals surface area contributed by atoms with Gasteiger partial charge in [-0.3, -0.25) is 4.79 Å². The van der Waals surface area contributed by atoms with Gasteiger partial charge in [-0.25, -0.2) is 0 Å². The van der Waals surface area contributed by atoms with Crippen molar-refractivity contribution in [3.63, 3.8) is 0 Å². The normalized spacial score (nSPS) is 17.7. The van der Waals surface area contributed by atoms with Crippen LogP contribution < -0.4 is 20.1 Å². The highest BCUT2D eigenvalue weighted by molar-refractivity contribution is 6.04. The van der Waals surface area contributed by atoms with Crippen LogP contribution >= 0.6 is 0 Å². The molecule has 1 amide bonds. The first-order valence-corrected chi connectivity index (χ1v) is 11.9. The summed E-state index contributed by atoms with van der Waals surface area (Å²) in [6, 6.07) is 32.6. The quantitative estimate of drug-likeness (QED) is 0.355. The molecule has 2 aliphatic rings. The number of carbonyl (C=O) groups excluding carboxylic acids is 1. The minimum absolute atomic E-state index is 0.105. The molecule has 1 aliphatic heterocycles. The molecule has 0 unspecified atom stereocenters. The van der Waals surface area contributed by atoms with Gasteiger partial charge in [0.1, 0.15) is 0 Å². The number of nitrogens with one attached hydrogen (secondary N) is 2. The molecule has 35 heavy (non-hydrogen) atoms. The van der Waals surface area contributed by atoms with Gasteiger partial charge in [0.25, 0.3) is 5.91 Å². The van der Waals surface area contributed by atoms with E-state index in [1.807, 2.05) is 66.7 Å². The highest BCUT2D eigenvalue weighted by Gasteiger charge is 2.37. The van der Waals surface area contributed by atoms with E-state index in [9.17, 15) is 4.79 Å². The van der Waals surface area contributed by atoms with Gasteiger partial charge < -0.3 is 20.1 Å². The van der Waals surface area contributed by atoms with Crippen LogP contribution in [0.1, 0.15) is 33.8 Å². The van der Waals surface area contributed by atoms with Gasteiger partial charge in [-0.15, -0.1) is 0 Å². The molecular weight excluding hydrogens is 436 g/mol. The van der Waals surface area contributed by atoms with Crippen molar-refractivity contribution >= 4 is 11.6 Å². The lowest BCUT2D eigenvalue weighted by Crippen LogP contribution is -2.17. The highest BCUT2D eigenvalue weighted by Crippen LogP contribution is 2.41. The Bertz CT molecular complexity index is 1330. The molecule has 5 nitrogen and oxygen atoms in total. The Hall–Kier alpha value is -4.09. The summed E-state index contributed by atoms with van der Waals surface area (Å²) in [5.74, 6) is 2.03. The van der Waals surface area contributed by atoms with Gasteiger partial charge in [0.05, 0.1) is 0 Å². The number of hydrogen-bond donors (Lipinski definition) is 2. The Labute approximate surface area is 204 Å². The Morgan fingerprint density at radius 2 is 1.54 bits per heavy atom. The summed E-state index contributed by atoms with van der Waals surface area (Å²) in [5, 5.41) is 6.64. The maximum Gasteiger partial charge on any atom is 0.255 e. The van der Waals surface area contributed by atoms with E-state index in [0.29, 0.717) is 24.3 Å². The fourth-order valence-corrected chi connectivity index (χ4v) is 4.55. The first-order chi connectivity index (χ1) is 17.2. The molecule has 4 aromatic rings. The topological polar surface area (TPSA) is 59.6 Å². The van der Waals surface area contributed by atoms with Crippen molar-refractivity contribution in [1.29, 1.82) is 0 Å². The van der Waals surface area contributed by atoms with Gasteiger partial charge in [-0.1, -0.05) is 60.7 Å². The van der Waals surface area contributed by atoms with Crippen LogP contribution in [0.5, 0.6) is 11.5 Å². The van der Waals surface area contributed by atoms with Crippen molar-refractivity contribution < 1.29 is 14.3 Å². The van der Waals surface area contributed by atoms with E-state index in [1.165, 1.54) is 11.1 Å². The molecule has 6 rings (SSSR count). The van der Waals surface area contributed by atoms with Gasteiger partial charge in [0, 0.05) is 29.8 Å². The zero-order valence-corrected chi connectivity index (χ0v) is 19.2. The molecule has 0 saturated heterocycles. The molecule has 0 spiro atoms. The number of rotatable bonds is 7. The van der Waals surface area contributed by atoms with Crippen molar-refractivity contribution in [3.05, 3.63) is 114 Å². The van der Waals surface area contributed by atoms with Crippen molar-refractivity contribution in [2.45, 2.75) is 24.9 Å². The predicted molar refractivity (Wildman–Crippen MR) is 137 cm³/mol. The lowest BCUT2D eigenvalue weighted by Gasteiger charge is -2.08. The van der Waals surface area contributed by atoms with Crippen molar-refractivity contribution in [1.82, 2.24) is 5.32 Å². The van der Waals surface area contributed by atoms with E-state index in [-0.39, 0.29) is 5.91 Å². The SMILES string of the molecule is O=C(Nc1ccc([C@@H]2C[C@H]2NCc2ccc3c(c2)OCO3)cc1)c1ccc(-c2ccccc2)cc1. The molecule has 1 fully saturated rings. The lowest BCUT2D eigenvalue weighted by molar-refractivity contribution is 0.102. The Balaban J connectivity index is 1.02. The Morgan fingerprint density at radius 3 is 2.34 bits per heavy atom. The molecule has 2 N–H and O–H groups in total. The molecule has 1 heterocycles. The number of carbonyl (C=O) groups is 1. The second-order valence-electron chi connectivity index (χ2n) is 9.04. The number of ether oxygens (including phenoxy) is 2. The fourth-order valence-electron chi connectivity index (χ4n) is 4.55. The van der Waals surface area contributed by atoms with E-state index >= 15 is 0 Å². The third kappa shape index (κ3) is 4.77. The van der Waals surface area contributed by atoms with E-state index < -0.39 is 0 Å². The average molecular weight is 463 g/mol. The van der Waals surface area contributed by atoms with Crippen LogP contribution in [0.3, 0.4) is 0 Å². The summed E-state index contributed by atoms with van der Waals surface area (Å²) in [4.78, 5) is 12.7. The number of fused-ring (bicyclic) bond motifs is 1. The monoisotopic (exact) mass is 462 g/mol. The summed E-state index contributed by atoms with van der Waals surface area (Å²) in [5.41, 5.74) is 6.16. The maximum absolute atomic E-state index is 12.7. The van der Waals surface area contributed by atoms with Crippen LogP contribution in [0.4, 0.5) is 5.69 Å². The number of benzene rings is 4. The number of anilines is 1. The highest BCUT2D eigenvalue weighted by atomic mass is 16.7. The van der Waals surface area contributed by atoms with Crippen LogP contribution in [0.15, 0.2) is 97.1 Å². The van der Waals surface area contributed by atoms with Crippen LogP contribution in [-0.4, -0.2) is 18.7 Å². The second-order valence-corrected chi connectivity index (χ2v) is 9.04. The molecule has 1 aliphatic carbocycles. The van der Waals surface area contributed by atoms with Crippen LogP contribution in [0, 0.1) is 0 Å². The molecule has 2 atom stereocenters. The van der Waals surface area contributed by atoms with Gasteiger partial charge >= 0.3 is 0 Å². The zero-order valence-electron chi connectivity index (χ0n) is 19.2. The smallest absolute Gasteiger partial charge is 0.255 e. The Morgan fingerprint density at radius 1 is 0.800 bits per heavy atom. The molecule has 4 aromatic carbocycles. The van der Waals surface area contributed by atoms with Gasteiger partial charge in [-0.2, -0.15) is 0 Å². The van der Waals surface area contributed by atoms with Crippen LogP contribution in [-0.2, 0) is 6.54 Å². The fraction of sp³-hybridized carbons (Fsp3) is 0.167. The predicted octanol–water partition coefficient (Wildman–Crippen LogP) is 5.98. The van der Waals surface area contributed by atoms with Gasteiger partial charge in [0.2, 0.25) is 6.79 Å². The number of hydrogen-bond acceptors (Lipinski definition) is 4. The summed E-state index contributed by atoms with van der Waals surface area (Å²) in [6.07, 6.45) is 1.12. The Kier molecular flexibility index (Phi) is 5.68. The van der Waals surface area contributed by atoms with Crippen molar-refractivity contribution in [3.8, 4) is 22.6 Å². The first-order valence-electron chi connectivity index (χ1n) is 11.9. The summed E-state index contributed by atoms with van der Waals surface area (Å²) in [7, 11) is 0. The standard InChI is InChI=1S/C30H26N2O3/c33-30(24-9-7-22(8-10-24)21-4-2-1-3-5-21)32-25-13-11-23(12-14-25)26-17-27(26)31-18-20-6-15-28-29(16-20)35-19-34-28/h1-16,26-27,31H,17-19H2,(H,32,33)/t26-,27+/m0/s1. The molecule has 1 saturated carbocycles. The zero-order chi connectivity index (χ0) is 23.6. The minimum Gasteiger partial charge on any atom is -0.454 e. The average Bonchev–Trinajstić information content (AvgIpc) is 3.54. The third-order valence-corrected chi connectivity index (χ3v) is 6.65. The van der Waals surface area contributed by atoms with E-state index in [2.05, 4.69) is 41.0 Å². The summed E-state index contributed by atoms with van der Waals surface area (Å²) < 4.78 is 10.8. The second kappa shape index (κ2) is 9.28. The van der Waals surface area contributed by atoms with Gasteiger partial charge in [-0.05, 0) is 65.1 Å².